The second-order valence-electron chi connectivity index (χ2n) is 7.23. The summed E-state index contributed by atoms with van der Waals surface area (Å²) in [6, 6.07) is 24.1. The van der Waals surface area contributed by atoms with Gasteiger partial charge in [-0.05, 0) is 42.0 Å². The van der Waals surface area contributed by atoms with Crippen LogP contribution in [0.25, 0.3) is 0 Å². The van der Waals surface area contributed by atoms with E-state index < -0.39 is 11.9 Å². The number of benzene rings is 3. The van der Waals surface area contributed by atoms with Crippen LogP contribution in [0.3, 0.4) is 0 Å². The number of anilines is 1. The van der Waals surface area contributed by atoms with Crippen molar-refractivity contribution in [1.29, 1.82) is 0 Å². The fourth-order valence-corrected chi connectivity index (χ4v) is 3.30. The third-order valence-corrected chi connectivity index (χ3v) is 5.16. The molecule has 0 saturated heterocycles. The van der Waals surface area contributed by atoms with Crippen LogP contribution in [0.15, 0.2) is 84.9 Å². The van der Waals surface area contributed by atoms with Crippen molar-refractivity contribution in [3.05, 3.63) is 101 Å². The molecule has 3 rings (SSSR count). The van der Waals surface area contributed by atoms with Crippen LogP contribution in [0.2, 0.25) is 5.02 Å². The van der Waals surface area contributed by atoms with Crippen LogP contribution in [0, 0.1) is 0 Å². The average molecular weight is 450 g/mol. The van der Waals surface area contributed by atoms with E-state index in [0.717, 1.165) is 5.56 Å². The summed E-state index contributed by atoms with van der Waals surface area (Å²) in [5.74, 6) is -1.09. The monoisotopic (exact) mass is 449 g/mol. The quantitative estimate of drug-likeness (QED) is 0.552. The Morgan fingerprint density at radius 3 is 2.09 bits per heavy atom. The Balaban J connectivity index is 1.69. The van der Waals surface area contributed by atoms with Crippen molar-refractivity contribution < 1.29 is 14.4 Å². The van der Waals surface area contributed by atoms with E-state index in [-0.39, 0.29) is 18.4 Å². The van der Waals surface area contributed by atoms with Crippen LogP contribution in [-0.4, -0.2) is 37.4 Å². The molecule has 3 amide bonds. The van der Waals surface area contributed by atoms with Crippen LogP contribution in [-0.2, 0) is 16.0 Å². The number of carbonyl (C=O) groups is 3. The lowest BCUT2D eigenvalue weighted by Gasteiger charge is -2.25. The largest absolute Gasteiger partial charge is 0.343 e. The lowest BCUT2D eigenvalue weighted by molar-refractivity contribution is -0.126. The number of likely N-dealkylation sites (N-methyl/N-ethyl adjacent to an activating group) is 1. The van der Waals surface area contributed by atoms with Crippen molar-refractivity contribution in [2.24, 2.45) is 0 Å². The molecule has 0 aromatic heterocycles. The van der Waals surface area contributed by atoms with Gasteiger partial charge in [-0.1, -0.05) is 60.1 Å². The van der Waals surface area contributed by atoms with Gasteiger partial charge in [0.05, 0.1) is 6.54 Å². The molecule has 0 aliphatic heterocycles. The highest BCUT2D eigenvalue weighted by Gasteiger charge is 2.25. The molecule has 0 aliphatic carbocycles. The van der Waals surface area contributed by atoms with Gasteiger partial charge in [0.1, 0.15) is 6.04 Å². The normalized spacial score (nSPS) is 11.3. The van der Waals surface area contributed by atoms with E-state index in [4.69, 9.17) is 11.6 Å². The number of amides is 3. The lowest BCUT2D eigenvalue weighted by atomic mass is 10.0. The van der Waals surface area contributed by atoms with Crippen molar-refractivity contribution in [3.63, 3.8) is 0 Å². The molecule has 0 spiro atoms. The van der Waals surface area contributed by atoms with Crippen LogP contribution in [0.5, 0.6) is 0 Å². The molecular formula is C25H24ClN3O3. The van der Waals surface area contributed by atoms with Crippen LogP contribution in [0.1, 0.15) is 15.9 Å². The molecule has 3 aromatic rings. The zero-order valence-corrected chi connectivity index (χ0v) is 18.4. The molecular weight excluding hydrogens is 426 g/mol. The molecule has 1 unspecified atom stereocenters. The molecule has 0 fully saturated rings. The topological polar surface area (TPSA) is 78.5 Å². The van der Waals surface area contributed by atoms with Crippen molar-refractivity contribution >= 4 is 35.0 Å². The summed E-state index contributed by atoms with van der Waals surface area (Å²) < 4.78 is 0. The summed E-state index contributed by atoms with van der Waals surface area (Å²) in [6.45, 7) is -0.239. The van der Waals surface area contributed by atoms with Gasteiger partial charge >= 0.3 is 0 Å². The summed E-state index contributed by atoms with van der Waals surface area (Å²) in [4.78, 5) is 39.5. The minimum Gasteiger partial charge on any atom is -0.343 e. The molecule has 7 heteroatoms. The molecule has 6 nitrogen and oxygen atoms in total. The molecule has 0 bridgehead atoms. The lowest BCUT2D eigenvalue weighted by Crippen LogP contribution is -2.51. The molecule has 0 aliphatic rings. The fraction of sp³-hybridized carbons (Fsp3) is 0.160. The van der Waals surface area contributed by atoms with Gasteiger partial charge in [-0.3, -0.25) is 14.4 Å². The van der Waals surface area contributed by atoms with Crippen molar-refractivity contribution in [2.75, 3.05) is 18.5 Å². The van der Waals surface area contributed by atoms with Crippen molar-refractivity contribution in [3.8, 4) is 0 Å². The van der Waals surface area contributed by atoms with E-state index in [1.807, 2.05) is 30.3 Å². The van der Waals surface area contributed by atoms with E-state index in [9.17, 15) is 14.4 Å². The predicted octanol–water partition coefficient (Wildman–Crippen LogP) is 3.46. The summed E-state index contributed by atoms with van der Waals surface area (Å²) in [5.41, 5.74) is 2.02. The highest BCUT2D eigenvalue weighted by atomic mass is 35.5. The Hall–Kier alpha value is -3.64. The molecule has 0 saturated carbocycles. The van der Waals surface area contributed by atoms with Crippen LogP contribution in [0.4, 0.5) is 5.69 Å². The smallest absolute Gasteiger partial charge is 0.251 e. The summed E-state index contributed by atoms with van der Waals surface area (Å²) in [5, 5.41) is 5.91. The van der Waals surface area contributed by atoms with Crippen molar-refractivity contribution in [2.45, 2.75) is 12.5 Å². The Morgan fingerprint density at radius 1 is 0.875 bits per heavy atom. The van der Waals surface area contributed by atoms with Gasteiger partial charge in [-0.2, -0.15) is 0 Å². The van der Waals surface area contributed by atoms with Gasteiger partial charge in [-0.15, -0.1) is 0 Å². The van der Waals surface area contributed by atoms with E-state index in [0.29, 0.717) is 22.7 Å². The van der Waals surface area contributed by atoms with Crippen molar-refractivity contribution in [1.82, 2.24) is 10.6 Å². The maximum atomic E-state index is 13.2. The maximum Gasteiger partial charge on any atom is 0.251 e. The fourth-order valence-electron chi connectivity index (χ4n) is 3.17. The van der Waals surface area contributed by atoms with E-state index >= 15 is 0 Å². The van der Waals surface area contributed by atoms with Crippen LogP contribution < -0.4 is 15.5 Å². The second kappa shape index (κ2) is 11.1. The zero-order chi connectivity index (χ0) is 22.9. The van der Waals surface area contributed by atoms with Gasteiger partial charge in [0.25, 0.3) is 5.91 Å². The Kier molecular flexibility index (Phi) is 8.00. The number of halogens is 1. The first-order chi connectivity index (χ1) is 15.4. The first-order valence-corrected chi connectivity index (χ1v) is 10.5. The minimum atomic E-state index is -0.806. The molecule has 2 N–H and O–H groups in total. The molecule has 164 valence electrons. The number of hydrogen-bond acceptors (Lipinski definition) is 3. The molecule has 3 aromatic carbocycles. The maximum absolute atomic E-state index is 13.2. The number of nitrogens with zero attached hydrogens (tertiary/aromatic N) is 1. The van der Waals surface area contributed by atoms with Gasteiger partial charge in [0, 0.05) is 29.7 Å². The molecule has 0 radical (unpaired) electrons. The predicted molar refractivity (Wildman–Crippen MR) is 126 cm³/mol. The van der Waals surface area contributed by atoms with Gasteiger partial charge < -0.3 is 15.5 Å². The highest BCUT2D eigenvalue weighted by molar-refractivity contribution is 6.30. The third kappa shape index (κ3) is 6.43. The second-order valence-corrected chi connectivity index (χ2v) is 7.67. The van der Waals surface area contributed by atoms with Gasteiger partial charge in [-0.25, -0.2) is 0 Å². The first kappa shape index (κ1) is 23.0. The molecule has 0 heterocycles. The Labute approximate surface area is 192 Å². The van der Waals surface area contributed by atoms with E-state index in [1.165, 1.54) is 4.90 Å². The zero-order valence-electron chi connectivity index (χ0n) is 17.6. The molecule has 32 heavy (non-hydrogen) atoms. The Morgan fingerprint density at radius 2 is 1.47 bits per heavy atom. The van der Waals surface area contributed by atoms with Crippen LogP contribution >= 0.6 is 11.6 Å². The molecule has 1 atom stereocenters. The summed E-state index contributed by atoms with van der Waals surface area (Å²) in [6.07, 6.45) is 0.315. The first-order valence-electron chi connectivity index (χ1n) is 10.1. The number of rotatable bonds is 8. The number of nitrogens with one attached hydrogen (secondary N) is 2. The van der Waals surface area contributed by atoms with E-state index in [1.54, 1.807) is 61.6 Å². The van der Waals surface area contributed by atoms with Gasteiger partial charge in [0.2, 0.25) is 11.8 Å². The van der Waals surface area contributed by atoms with Gasteiger partial charge in [0.15, 0.2) is 0 Å². The Bertz CT molecular complexity index is 1060. The number of carbonyl (C=O) groups excluding carboxylic acids is 3. The summed E-state index contributed by atoms with van der Waals surface area (Å²) in [7, 11) is 1.65. The van der Waals surface area contributed by atoms with E-state index in [2.05, 4.69) is 10.6 Å². The standard InChI is InChI=1S/C25H24ClN3O3/c1-29(21-14-12-20(26)13-15-21)25(32)22(16-18-8-4-2-5-9-18)28-23(30)17-27-24(31)19-10-6-3-7-11-19/h2-15,22H,16-17H2,1H3,(H,27,31)(H,28,30). The third-order valence-electron chi connectivity index (χ3n) is 4.91. The highest BCUT2D eigenvalue weighted by Crippen LogP contribution is 2.18. The minimum absolute atomic E-state index is 0.239. The number of hydrogen-bond donors (Lipinski definition) is 2. The summed E-state index contributed by atoms with van der Waals surface area (Å²) >= 11 is 5.94. The average Bonchev–Trinajstić information content (AvgIpc) is 2.83. The SMILES string of the molecule is CN(C(=O)C(Cc1ccccc1)NC(=O)CNC(=O)c1ccccc1)c1ccc(Cl)cc1.